The van der Waals surface area contributed by atoms with Gasteiger partial charge in [0.25, 0.3) is 0 Å². The lowest BCUT2D eigenvalue weighted by atomic mass is 10.2. The Morgan fingerprint density at radius 1 is 1.12 bits per heavy atom. The Bertz CT molecular complexity index is 941. The number of halogens is 3. The van der Waals surface area contributed by atoms with Crippen LogP contribution >= 0.6 is 34.8 Å². The molecule has 1 N–H and O–H groups in total. The largest absolute Gasteiger partial charge is 0.392 e. The van der Waals surface area contributed by atoms with Crippen LogP contribution in [0.2, 0.25) is 15.1 Å². The second kappa shape index (κ2) is 6.08. The zero-order valence-corrected chi connectivity index (χ0v) is 14.8. The number of aliphatic hydroxyl groups is 1. The van der Waals surface area contributed by atoms with Crippen molar-refractivity contribution in [3.05, 3.63) is 45.0 Å². The van der Waals surface area contributed by atoms with Gasteiger partial charge in [0.15, 0.2) is 5.82 Å². The molecule has 0 atom stereocenters. The molecule has 0 saturated carbocycles. The molecule has 3 heterocycles. The zero-order valence-electron chi connectivity index (χ0n) is 12.5. The van der Waals surface area contributed by atoms with E-state index < -0.39 is 0 Å². The molecule has 124 valence electrons. The van der Waals surface area contributed by atoms with E-state index >= 15 is 0 Å². The summed E-state index contributed by atoms with van der Waals surface area (Å²) in [6.07, 6.45) is 2.47. The molecule has 0 unspecified atom stereocenters. The van der Waals surface area contributed by atoms with Crippen molar-refractivity contribution in [1.29, 1.82) is 0 Å². The van der Waals surface area contributed by atoms with Gasteiger partial charge in [0, 0.05) is 24.8 Å². The second-order valence-electron chi connectivity index (χ2n) is 5.59. The topological polar surface area (TPSA) is 54.2 Å². The van der Waals surface area contributed by atoms with E-state index in [1.54, 1.807) is 18.3 Å². The van der Waals surface area contributed by atoms with E-state index in [0.717, 1.165) is 36.5 Å². The van der Waals surface area contributed by atoms with Gasteiger partial charge in [0.2, 0.25) is 5.95 Å². The fourth-order valence-electron chi connectivity index (χ4n) is 3.10. The summed E-state index contributed by atoms with van der Waals surface area (Å²) in [6.45, 7) is 1.46. The monoisotopic (exact) mass is 382 g/mol. The van der Waals surface area contributed by atoms with Crippen molar-refractivity contribution >= 4 is 57.6 Å². The van der Waals surface area contributed by atoms with Crippen LogP contribution in [0.15, 0.2) is 24.4 Å². The molecule has 0 saturated heterocycles. The molecule has 4 rings (SSSR count). The molecular weight excluding hydrogens is 371 g/mol. The van der Waals surface area contributed by atoms with Gasteiger partial charge in [0.1, 0.15) is 5.52 Å². The highest BCUT2D eigenvalue weighted by Gasteiger charge is 2.27. The molecule has 0 spiro atoms. The summed E-state index contributed by atoms with van der Waals surface area (Å²) in [4.78, 5) is 11.0. The summed E-state index contributed by atoms with van der Waals surface area (Å²) in [5.41, 5.74) is 2.33. The van der Waals surface area contributed by atoms with Crippen LogP contribution in [0.25, 0.3) is 11.0 Å². The fourth-order valence-corrected chi connectivity index (χ4v) is 3.78. The van der Waals surface area contributed by atoms with Crippen LogP contribution in [0.5, 0.6) is 0 Å². The molecule has 2 aromatic heterocycles. The number of pyridine rings is 1. The van der Waals surface area contributed by atoms with Crippen LogP contribution in [-0.2, 0) is 13.2 Å². The van der Waals surface area contributed by atoms with Gasteiger partial charge < -0.3 is 9.67 Å². The first-order chi connectivity index (χ1) is 11.6. The third-order valence-electron chi connectivity index (χ3n) is 4.13. The highest BCUT2D eigenvalue weighted by Crippen LogP contribution is 2.38. The lowest BCUT2D eigenvalue weighted by molar-refractivity contribution is 0.283. The van der Waals surface area contributed by atoms with Gasteiger partial charge in [-0.2, -0.15) is 0 Å². The van der Waals surface area contributed by atoms with E-state index in [-0.39, 0.29) is 6.61 Å². The minimum Gasteiger partial charge on any atom is -0.392 e. The lowest BCUT2D eigenvalue weighted by Crippen LogP contribution is -2.29. The summed E-state index contributed by atoms with van der Waals surface area (Å²) in [5.74, 6) is 1.33. The Hall–Kier alpha value is -1.53. The molecule has 0 radical (unpaired) electrons. The summed E-state index contributed by atoms with van der Waals surface area (Å²) in [7, 11) is 0. The molecular formula is C16H13Cl3N4O. The average molecular weight is 384 g/mol. The Kier molecular flexibility index (Phi) is 4.04. The molecule has 1 aliphatic rings. The zero-order chi connectivity index (χ0) is 16.8. The van der Waals surface area contributed by atoms with Crippen molar-refractivity contribution in [1.82, 2.24) is 14.5 Å². The third-order valence-corrected chi connectivity index (χ3v) is 4.92. The fraction of sp³-hybridized carbons (Fsp3) is 0.250. The SMILES string of the molecule is OCc1ccc(Cl)c2nc3n(c12)CCCN3c1ncc(Cl)cc1Cl. The highest BCUT2D eigenvalue weighted by atomic mass is 35.5. The van der Waals surface area contributed by atoms with E-state index in [1.165, 1.54) is 0 Å². The number of hydrogen-bond donors (Lipinski definition) is 1. The molecule has 0 aliphatic carbocycles. The van der Waals surface area contributed by atoms with Gasteiger partial charge in [-0.15, -0.1) is 0 Å². The first-order valence-electron chi connectivity index (χ1n) is 7.47. The summed E-state index contributed by atoms with van der Waals surface area (Å²) < 4.78 is 2.06. The number of aryl methyl sites for hydroxylation is 1. The first kappa shape index (κ1) is 16.0. The Labute approximate surface area is 153 Å². The molecule has 1 aromatic carbocycles. The maximum atomic E-state index is 9.66. The number of hydrogen-bond acceptors (Lipinski definition) is 4. The normalized spacial score (nSPS) is 14.2. The maximum absolute atomic E-state index is 9.66. The van der Waals surface area contributed by atoms with Crippen molar-refractivity contribution < 1.29 is 5.11 Å². The standard InChI is InChI=1S/C16H13Cl3N4O/c17-10-6-12(19)15(20-7-10)23-5-1-4-22-14-9(8-24)2-3-11(18)13(14)21-16(22)23/h2-3,6-7,24H,1,4-5,8H2. The molecule has 3 aromatic rings. The van der Waals surface area contributed by atoms with Gasteiger partial charge in [-0.05, 0) is 18.6 Å². The minimum absolute atomic E-state index is 0.0707. The Morgan fingerprint density at radius 2 is 1.96 bits per heavy atom. The van der Waals surface area contributed by atoms with Gasteiger partial charge in [0.05, 0.1) is 27.2 Å². The molecule has 1 aliphatic heterocycles. The van der Waals surface area contributed by atoms with Crippen LogP contribution in [0, 0.1) is 0 Å². The summed E-state index contributed by atoms with van der Waals surface area (Å²) in [6, 6.07) is 5.25. The molecule has 0 fully saturated rings. The third kappa shape index (κ3) is 2.43. The van der Waals surface area contributed by atoms with E-state index in [9.17, 15) is 5.11 Å². The van der Waals surface area contributed by atoms with Crippen molar-refractivity contribution in [2.24, 2.45) is 0 Å². The van der Waals surface area contributed by atoms with Crippen molar-refractivity contribution in [3.63, 3.8) is 0 Å². The first-order valence-corrected chi connectivity index (χ1v) is 8.60. The molecule has 8 heteroatoms. The number of benzene rings is 1. The summed E-state index contributed by atoms with van der Waals surface area (Å²) >= 11 is 18.6. The van der Waals surface area contributed by atoms with Gasteiger partial charge in [-0.1, -0.05) is 40.9 Å². The Balaban J connectivity index is 1.95. The number of anilines is 2. The van der Waals surface area contributed by atoms with E-state index in [4.69, 9.17) is 39.8 Å². The van der Waals surface area contributed by atoms with Crippen LogP contribution in [-0.4, -0.2) is 26.2 Å². The predicted octanol–water partition coefficient (Wildman–Crippen LogP) is 4.43. The van der Waals surface area contributed by atoms with Gasteiger partial charge >= 0.3 is 0 Å². The van der Waals surface area contributed by atoms with Crippen LogP contribution in [0.1, 0.15) is 12.0 Å². The molecule has 0 amide bonds. The number of aliphatic hydroxyl groups excluding tert-OH is 1. The van der Waals surface area contributed by atoms with Crippen molar-refractivity contribution in [2.75, 3.05) is 11.4 Å². The Morgan fingerprint density at radius 3 is 2.71 bits per heavy atom. The highest BCUT2D eigenvalue weighted by molar-refractivity contribution is 6.36. The van der Waals surface area contributed by atoms with Crippen molar-refractivity contribution in [2.45, 2.75) is 19.6 Å². The predicted molar refractivity (Wildman–Crippen MR) is 96.5 cm³/mol. The van der Waals surface area contributed by atoms with Gasteiger partial charge in [-0.3, -0.25) is 4.90 Å². The van der Waals surface area contributed by atoms with Gasteiger partial charge in [-0.25, -0.2) is 9.97 Å². The van der Waals surface area contributed by atoms with E-state index in [1.807, 2.05) is 11.0 Å². The lowest BCUT2D eigenvalue weighted by Gasteiger charge is -2.29. The molecule has 0 bridgehead atoms. The number of fused-ring (bicyclic) bond motifs is 3. The quantitative estimate of drug-likeness (QED) is 0.711. The smallest absolute Gasteiger partial charge is 0.212 e. The molecule has 5 nitrogen and oxygen atoms in total. The number of aromatic nitrogens is 3. The van der Waals surface area contributed by atoms with E-state index in [0.29, 0.717) is 26.4 Å². The van der Waals surface area contributed by atoms with Crippen LogP contribution in [0.3, 0.4) is 0 Å². The second-order valence-corrected chi connectivity index (χ2v) is 6.84. The van der Waals surface area contributed by atoms with E-state index in [2.05, 4.69) is 9.55 Å². The molecule has 24 heavy (non-hydrogen) atoms. The summed E-state index contributed by atoms with van der Waals surface area (Å²) in [5, 5.41) is 11.2. The van der Waals surface area contributed by atoms with Crippen LogP contribution in [0.4, 0.5) is 11.8 Å². The minimum atomic E-state index is -0.0707. The number of imidazole rings is 1. The van der Waals surface area contributed by atoms with Crippen LogP contribution < -0.4 is 4.90 Å². The maximum Gasteiger partial charge on any atom is 0.212 e. The average Bonchev–Trinajstić information content (AvgIpc) is 2.96. The number of nitrogens with zero attached hydrogens (tertiary/aromatic N) is 4. The number of rotatable bonds is 2. The van der Waals surface area contributed by atoms with Crippen molar-refractivity contribution in [3.8, 4) is 0 Å².